The minimum atomic E-state index is -0.425. The molecule has 0 radical (unpaired) electrons. The van der Waals surface area contributed by atoms with Crippen LogP contribution in [0.4, 0.5) is 15.8 Å². The van der Waals surface area contributed by atoms with Crippen LogP contribution in [0.15, 0.2) is 12.1 Å². The van der Waals surface area contributed by atoms with Gasteiger partial charge in [-0.25, -0.2) is 4.39 Å². The second-order valence-electron chi connectivity index (χ2n) is 5.19. The van der Waals surface area contributed by atoms with Gasteiger partial charge in [0.05, 0.1) is 11.4 Å². The summed E-state index contributed by atoms with van der Waals surface area (Å²) in [7, 11) is 0. The fourth-order valence-corrected chi connectivity index (χ4v) is 1.58. The Hall–Kier alpha value is -1.78. The molecule has 1 aromatic rings. The molecule has 106 valence electrons. The monoisotopic (exact) mass is 267 g/mol. The van der Waals surface area contributed by atoms with Gasteiger partial charge in [0, 0.05) is 6.54 Å². The maximum Gasteiger partial charge on any atom is 0.242 e. The molecule has 0 aromatic heterocycles. The van der Waals surface area contributed by atoms with Crippen LogP contribution < -0.4 is 16.4 Å². The van der Waals surface area contributed by atoms with Crippen molar-refractivity contribution in [2.75, 3.05) is 17.6 Å². The molecule has 0 heterocycles. The highest BCUT2D eigenvalue weighted by Gasteiger charge is 2.14. The Morgan fingerprint density at radius 1 is 1.37 bits per heavy atom. The zero-order valence-corrected chi connectivity index (χ0v) is 11.9. The summed E-state index contributed by atoms with van der Waals surface area (Å²) in [5, 5.41) is 5.83. The molecule has 1 amide bonds. The van der Waals surface area contributed by atoms with Crippen molar-refractivity contribution in [1.82, 2.24) is 5.32 Å². The molecule has 5 heteroatoms. The van der Waals surface area contributed by atoms with Gasteiger partial charge in [-0.2, -0.15) is 0 Å². The highest BCUT2D eigenvalue weighted by molar-refractivity contribution is 5.85. The first-order valence-corrected chi connectivity index (χ1v) is 6.41. The number of aryl methyl sites for hydroxylation is 1. The normalized spacial score (nSPS) is 12.3. The Balaban J connectivity index is 2.69. The Morgan fingerprint density at radius 3 is 2.58 bits per heavy atom. The molecule has 0 aliphatic heterocycles. The first-order valence-electron chi connectivity index (χ1n) is 6.41. The van der Waals surface area contributed by atoms with Crippen LogP contribution >= 0.6 is 0 Å². The van der Waals surface area contributed by atoms with E-state index in [1.807, 2.05) is 13.8 Å². The predicted molar refractivity (Wildman–Crippen MR) is 76.5 cm³/mol. The van der Waals surface area contributed by atoms with Gasteiger partial charge in [0.2, 0.25) is 5.91 Å². The van der Waals surface area contributed by atoms with Crippen LogP contribution in [0.25, 0.3) is 0 Å². The zero-order chi connectivity index (χ0) is 14.6. The van der Waals surface area contributed by atoms with Gasteiger partial charge in [-0.15, -0.1) is 0 Å². The van der Waals surface area contributed by atoms with Gasteiger partial charge in [0.15, 0.2) is 0 Å². The molecular weight excluding hydrogens is 245 g/mol. The number of hydrogen-bond donors (Lipinski definition) is 3. The average molecular weight is 267 g/mol. The summed E-state index contributed by atoms with van der Waals surface area (Å²) < 4.78 is 13.3. The molecule has 1 rings (SSSR count). The van der Waals surface area contributed by atoms with E-state index in [0.29, 0.717) is 29.4 Å². The summed E-state index contributed by atoms with van der Waals surface area (Å²) in [6, 6.07) is 2.44. The lowest BCUT2D eigenvalue weighted by atomic mass is 10.1. The summed E-state index contributed by atoms with van der Waals surface area (Å²) in [6.07, 6.45) is 0. The van der Waals surface area contributed by atoms with Crippen molar-refractivity contribution in [1.29, 1.82) is 0 Å². The number of carbonyl (C=O) groups is 1. The zero-order valence-electron chi connectivity index (χ0n) is 11.9. The second-order valence-corrected chi connectivity index (χ2v) is 5.19. The summed E-state index contributed by atoms with van der Waals surface area (Å²) >= 11 is 0. The number of benzene rings is 1. The summed E-state index contributed by atoms with van der Waals surface area (Å²) in [4.78, 5) is 11.8. The van der Waals surface area contributed by atoms with Crippen molar-refractivity contribution in [3.63, 3.8) is 0 Å². The van der Waals surface area contributed by atoms with Crippen LogP contribution in [0.5, 0.6) is 0 Å². The van der Waals surface area contributed by atoms with Gasteiger partial charge < -0.3 is 16.4 Å². The number of nitrogen functional groups attached to an aromatic ring is 1. The number of nitrogens with one attached hydrogen (secondary N) is 2. The van der Waals surface area contributed by atoms with Crippen molar-refractivity contribution in [2.24, 2.45) is 5.92 Å². The molecule has 19 heavy (non-hydrogen) atoms. The standard InChI is InChI=1S/C14H22FN3O/c1-8(2)7-17-14(19)10(4)18-13-5-9(3)11(15)6-12(13)16/h5-6,8,10,18H,7,16H2,1-4H3,(H,17,19). The molecule has 4 N–H and O–H groups in total. The van der Waals surface area contributed by atoms with Crippen LogP contribution in [0.2, 0.25) is 0 Å². The molecule has 0 saturated heterocycles. The number of hydrogen-bond acceptors (Lipinski definition) is 3. The van der Waals surface area contributed by atoms with Crippen molar-refractivity contribution >= 4 is 17.3 Å². The summed E-state index contributed by atoms with van der Waals surface area (Å²) in [5.74, 6) is -0.0516. The molecule has 0 saturated carbocycles. The van der Waals surface area contributed by atoms with E-state index in [-0.39, 0.29) is 11.7 Å². The highest BCUT2D eigenvalue weighted by atomic mass is 19.1. The molecule has 1 atom stereocenters. The lowest BCUT2D eigenvalue weighted by Crippen LogP contribution is -2.39. The van der Waals surface area contributed by atoms with E-state index in [0.717, 1.165) is 0 Å². The van der Waals surface area contributed by atoms with E-state index in [1.54, 1.807) is 19.9 Å². The van der Waals surface area contributed by atoms with Crippen molar-refractivity contribution in [2.45, 2.75) is 33.7 Å². The molecular formula is C14H22FN3O. The fraction of sp³-hybridized carbons (Fsp3) is 0.500. The summed E-state index contributed by atoms with van der Waals surface area (Å²) in [6.45, 7) is 8.08. The van der Waals surface area contributed by atoms with Crippen LogP contribution in [0, 0.1) is 18.7 Å². The fourth-order valence-electron chi connectivity index (χ4n) is 1.58. The maximum absolute atomic E-state index is 13.3. The van der Waals surface area contributed by atoms with Crippen LogP contribution in [0.1, 0.15) is 26.3 Å². The first-order chi connectivity index (χ1) is 8.81. The van der Waals surface area contributed by atoms with Crippen molar-refractivity contribution in [3.8, 4) is 0 Å². The van der Waals surface area contributed by atoms with Crippen LogP contribution in [0.3, 0.4) is 0 Å². The Labute approximate surface area is 113 Å². The van der Waals surface area contributed by atoms with E-state index in [1.165, 1.54) is 6.07 Å². The van der Waals surface area contributed by atoms with E-state index >= 15 is 0 Å². The molecule has 1 unspecified atom stereocenters. The third-order valence-corrected chi connectivity index (χ3v) is 2.78. The molecule has 0 aliphatic rings. The number of nitrogens with two attached hydrogens (primary N) is 1. The quantitative estimate of drug-likeness (QED) is 0.717. The molecule has 0 aliphatic carbocycles. The topological polar surface area (TPSA) is 67.2 Å². The van der Waals surface area contributed by atoms with Gasteiger partial charge in [-0.05, 0) is 37.5 Å². The van der Waals surface area contributed by atoms with E-state index in [9.17, 15) is 9.18 Å². The number of amides is 1. The van der Waals surface area contributed by atoms with Gasteiger partial charge in [0.25, 0.3) is 0 Å². The minimum absolute atomic E-state index is 0.102. The first kappa shape index (κ1) is 15.3. The highest BCUT2D eigenvalue weighted by Crippen LogP contribution is 2.23. The number of rotatable bonds is 5. The van der Waals surface area contributed by atoms with E-state index in [2.05, 4.69) is 10.6 Å². The molecule has 4 nitrogen and oxygen atoms in total. The van der Waals surface area contributed by atoms with Gasteiger partial charge in [-0.3, -0.25) is 4.79 Å². The molecule has 0 fully saturated rings. The Bertz CT molecular complexity index is 460. The third kappa shape index (κ3) is 4.43. The lowest BCUT2D eigenvalue weighted by Gasteiger charge is -2.18. The molecule has 0 bridgehead atoms. The maximum atomic E-state index is 13.3. The number of halogens is 1. The lowest BCUT2D eigenvalue weighted by molar-refractivity contribution is -0.121. The second kappa shape index (κ2) is 6.41. The van der Waals surface area contributed by atoms with Crippen LogP contribution in [-0.2, 0) is 4.79 Å². The van der Waals surface area contributed by atoms with Crippen molar-refractivity contribution in [3.05, 3.63) is 23.5 Å². The smallest absolute Gasteiger partial charge is 0.242 e. The van der Waals surface area contributed by atoms with E-state index < -0.39 is 6.04 Å². The number of carbonyl (C=O) groups excluding carboxylic acids is 1. The van der Waals surface area contributed by atoms with Crippen LogP contribution in [-0.4, -0.2) is 18.5 Å². The van der Waals surface area contributed by atoms with Gasteiger partial charge in [0.1, 0.15) is 11.9 Å². The predicted octanol–water partition coefficient (Wildman–Crippen LogP) is 2.29. The molecule has 1 aromatic carbocycles. The average Bonchev–Trinajstić information content (AvgIpc) is 2.32. The summed E-state index contributed by atoms with van der Waals surface area (Å²) in [5.41, 5.74) is 7.09. The van der Waals surface area contributed by atoms with Crippen molar-refractivity contribution < 1.29 is 9.18 Å². The van der Waals surface area contributed by atoms with Gasteiger partial charge >= 0.3 is 0 Å². The van der Waals surface area contributed by atoms with Gasteiger partial charge in [-0.1, -0.05) is 13.8 Å². The Morgan fingerprint density at radius 2 is 2.00 bits per heavy atom. The largest absolute Gasteiger partial charge is 0.397 e. The minimum Gasteiger partial charge on any atom is -0.397 e. The molecule has 0 spiro atoms. The SMILES string of the molecule is Cc1cc(NC(C)C(=O)NCC(C)C)c(N)cc1F. The third-order valence-electron chi connectivity index (χ3n) is 2.78. The number of anilines is 2. The van der Waals surface area contributed by atoms with E-state index in [4.69, 9.17) is 5.73 Å². The Kier molecular flexibility index (Phi) is 5.15.